The zero-order valence-corrected chi connectivity index (χ0v) is 17.3. The number of aryl methyl sites for hydroxylation is 1. The molecule has 8 heteroatoms. The first-order valence-corrected chi connectivity index (χ1v) is 10.6. The van der Waals surface area contributed by atoms with Crippen molar-refractivity contribution < 1.29 is 9.53 Å². The Labute approximate surface area is 173 Å². The van der Waals surface area contributed by atoms with Gasteiger partial charge in [0.15, 0.2) is 0 Å². The normalized spacial score (nSPS) is 21.3. The van der Waals surface area contributed by atoms with E-state index in [0.29, 0.717) is 12.4 Å². The van der Waals surface area contributed by atoms with Crippen LogP contribution in [0.25, 0.3) is 0 Å². The predicted octanol–water partition coefficient (Wildman–Crippen LogP) is 2.74. The van der Waals surface area contributed by atoms with Crippen LogP contribution in [0.2, 0.25) is 0 Å². The highest BCUT2D eigenvalue weighted by atomic mass is 32.1. The predicted molar refractivity (Wildman–Crippen MR) is 110 cm³/mol. The zero-order valence-electron chi connectivity index (χ0n) is 16.5. The fourth-order valence-electron chi connectivity index (χ4n) is 4.53. The van der Waals surface area contributed by atoms with Crippen LogP contribution in [0.3, 0.4) is 0 Å². The third kappa shape index (κ3) is 3.22. The van der Waals surface area contributed by atoms with Crippen LogP contribution in [-0.2, 0) is 13.1 Å². The molecule has 1 amide bonds. The summed E-state index contributed by atoms with van der Waals surface area (Å²) in [6.45, 7) is 5.00. The molecule has 0 N–H and O–H groups in total. The van der Waals surface area contributed by atoms with E-state index in [1.54, 1.807) is 24.6 Å². The molecule has 3 aromatic rings. The molecule has 1 saturated heterocycles. The number of rotatable bonds is 5. The van der Waals surface area contributed by atoms with Crippen LogP contribution < -0.4 is 4.74 Å². The van der Waals surface area contributed by atoms with Gasteiger partial charge in [0.2, 0.25) is 5.88 Å². The average Bonchev–Trinajstić information content (AvgIpc) is 3.45. The van der Waals surface area contributed by atoms with Gasteiger partial charge in [-0.15, -0.1) is 11.3 Å². The number of hydrogen-bond donors (Lipinski definition) is 0. The highest BCUT2D eigenvalue weighted by molar-refractivity contribution is 7.09. The van der Waals surface area contributed by atoms with Gasteiger partial charge in [-0.3, -0.25) is 9.69 Å². The lowest BCUT2D eigenvalue weighted by Gasteiger charge is -2.38. The van der Waals surface area contributed by atoms with E-state index >= 15 is 0 Å². The van der Waals surface area contributed by atoms with Gasteiger partial charge >= 0.3 is 0 Å². The van der Waals surface area contributed by atoms with Crippen molar-refractivity contribution in [2.45, 2.75) is 32.1 Å². The van der Waals surface area contributed by atoms with Crippen molar-refractivity contribution in [1.29, 1.82) is 0 Å². The number of carbonyl (C=O) groups is 1. The molecule has 150 valence electrons. The number of fused-ring (bicyclic) bond motifs is 3. The molecule has 0 saturated carbocycles. The van der Waals surface area contributed by atoms with Gasteiger partial charge in [-0.1, -0.05) is 6.07 Å². The Bertz CT molecular complexity index is 1050. The van der Waals surface area contributed by atoms with Crippen LogP contribution in [0, 0.1) is 6.92 Å². The average molecular weight is 410 g/mol. The SMILES string of the molecule is COc1ncccc1CN1CC2C(C1)n1cccc1C(=O)N2Cc1csc(C)n1. The molecule has 29 heavy (non-hydrogen) atoms. The summed E-state index contributed by atoms with van der Waals surface area (Å²) in [5, 5.41) is 3.08. The quantitative estimate of drug-likeness (QED) is 0.648. The van der Waals surface area contributed by atoms with E-state index in [4.69, 9.17) is 4.74 Å². The van der Waals surface area contributed by atoms with E-state index in [9.17, 15) is 4.79 Å². The van der Waals surface area contributed by atoms with Crippen LogP contribution in [-0.4, -0.2) is 56.5 Å². The van der Waals surface area contributed by atoms with Crippen molar-refractivity contribution in [2.75, 3.05) is 20.2 Å². The van der Waals surface area contributed by atoms with Gasteiger partial charge in [0.05, 0.1) is 36.4 Å². The van der Waals surface area contributed by atoms with E-state index < -0.39 is 0 Å². The van der Waals surface area contributed by atoms with Gasteiger partial charge in [-0.2, -0.15) is 0 Å². The number of methoxy groups -OCH3 is 1. The van der Waals surface area contributed by atoms with E-state index in [-0.39, 0.29) is 18.0 Å². The second kappa shape index (κ2) is 7.27. The van der Waals surface area contributed by atoms with Crippen molar-refractivity contribution in [3.05, 3.63) is 64.0 Å². The summed E-state index contributed by atoms with van der Waals surface area (Å²) in [4.78, 5) is 26.5. The van der Waals surface area contributed by atoms with E-state index in [2.05, 4.69) is 30.9 Å². The number of pyridine rings is 1. The van der Waals surface area contributed by atoms with Crippen molar-refractivity contribution >= 4 is 17.2 Å². The van der Waals surface area contributed by atoms with Gasteiger partial charge < -0.3 is 14.2 Å². The summed E-state index contributed by atoms with van der Waals surface area (Å²) >= 11 is 1.63. The smallest absolute Gasteiger partial charge is 0.271 e. The van der Waals surface area contributed by atoms with Crippen molar-refractivity contribution in [1.82, 2.24) is 24.3 Å². The minimum absolute atomic E-state index is 0.0858. The first-order valence-electron chi connectivity index (χ1n) is 9.73. The van der Waals surface area contributed by atoms with Crippen molar-refractivity contribution in [3.8, 4) is 5.88 Å². The first kappa shape index (κ1) is 18.3. The molecule has 3 aromatic heterocycles. The van der Waals surface area contributed by atoms with Crippen LogP contribution in [0.15, 0.2) is 42.0 Å². The Kier molecular flexibility index (Phi) is 4.60. The second-order valence-corrected chi connectivity index (χ2v) is 8.65. The highest BCUT2D eigenvalue weighted by Gasteiger charge is 2.45. The molecular weight excluding hydrogens is 386 g/mol. The number of nitrogens with zero attached hydrogens (tertiary/aromatic N) is 5. The molecule has 7 nitrogen and oxygen atoms in total. The van der Waals surface area contributed by atoms with Gasteiger partial charge in [-0.05, 0) is 25.1 Å². The fourth-order valence-corrected chi connectivity index (χ4v) is 5.14. The largest absolute Gasteiger partial charge is 0.481 e. The maximum Gasteiger partial charge on any atom is 0.271 e. The minimum atomic E-state index is 0.0858. The summed E-state index contributed by atoms with van der Waals surface area (Å²) < 4.78 is 7.57. The minimum Gasteiger partial charge on any atom is -0.481 e. The molecule has 2 aliphatic rings. The van der Waals surface area contributed by atoms with E-state index in [0.717, 1.165) is 41.6 Å². The van der Waals surface area contributed by atoms with E-state index in [1.807, 2.05) is 36.2 Å². The third-order valence-corrected chi connectivity index (χ3v) is 6.61. The Morgan fingerprint density at radius 2 is 2.07 bits per heavy atom. The Morgan fingerprint density at radius 3 is 2.86 bits per heavy atom. The Morgan fingerprint density at radius 1 is 1.21 bits per heavy atom. The summed E-state index contributed by atoms with van der Waals surface area (Å²) in [5.41, 5.74) is 2.79. The summed E-state index contributed by atoms with van der Waals surface area (Å²) in [6.07, 6.45) is 3.78. The summed E-state index contributed by atoms with van der Waals surface area (Å²) in [7, 11) is 1.65. The van der Waals surface area contributed by atoms with Gasteiger partial charge in [0, 0.05) is 43.0 Å². The number of carbonyl (C=O) groups excluding carboxylic acids is 1. The summed E-state index contributed by atoms with van der Waals surface area (Å²) in [5.74, 6) is 0.748. The molecule has 0 spiro atoms. The molecule has 2 aliphatic heterocycles. The number of amides is 1. The third-order valence-electron chi connectivity index (χ3n) is 5.79. The number of hydrogen-bond acceptors (Lipinski definition) is 6. The molecule has 0 bridgehead atoms. The molecule has 1 fully saturated rings. The number of thiazole rings is 1. The van der Waals surface area contributed by atoms with Crippen LogP contribution in [0.1, 0.15) is 32.8 Å². The van der Waals surface area contributed by atoms with Crippen LogP contribution >= 0.6 is 11.3 Å². The molecule has 0 aromatic carbocycles. The molecule has 5 heterocycles. The monoisotopic (exact) mass is 409 g/mol. The topological polar surface area (TPSA) is 63.5 Å². The molecule has 0 aliphatic carbocycles. The molecular formula is C21H23N5O2S. The lowest BCUT2D eigenvalue weighted by Crippen LogP contribution is -2.49. The first-order chi connectivity index (χ1) is 14.1. The highest BCUT2D eigenvalue weighted by Crippen LogP contribution is 2.35. The summed E-state index contributed by atoms with van der Waals surface area (Å²) in [6, 6.07) is 8.23. The zero-order chi connectivity index (χ0) is 20.0. The molecule has 2 unspecified atom stereocenters. The maximum absolute atomic E-state index is 13.2. The fraction of sp³-hybridized carbons (Fsp3) is 0.381. The molecule has 0 radical (unpaired) electrons. The Hall–Kier alpha value is -2.71. The number of ether oxygens (including phenoxy) is 1. The van der Waals surface area contributed by atoms with Crippen LogP contribution in [0.5, 0.6) is 5.88 Å². The molecule has 2 atom stereocenters. The second-order valence-electron chi connectivity index (χ2n) is 7.59. The van der Waals surface area contributed by atoms with Crippen LogP contribution in [0.4, 0.5) is 0 Å². The van der Waals surface area contributed by atoms with E-state index in [1.165, 1.54) is 0 Å². The standard InChI is InChI=1S/C21H23N5O2S/c1-14-23-16(13-29-14)10-26-19-12-24(9-15-5-3-7-22-20(15)28-2)11-18(19)25-8-4-6-17(25)21(26)27/h3-8,13,18-19H,9-12H2,1-2H3. The lowest BCUT2D eigenvalue weighted by molar-refractivity contribution is 0.0553. The van der Waals surface area contributed by atoms with Gasteiger partial charge in [-0.25, -0.2) is 9.97 Å². The van der Waals surface area contributed by atoms with Crippen molar-refractivity contribution in [2.24, 2.45) is 0 Å². The van der Waals surface area contributed by atoms with Gasteiger partial charge in [0.25, 0.3) is 5.91 Å². The number of likely N-dealkylation sites (tertiary alicyclic amines) is 1. The van der Waals surface area contributed by atoms with Gasteiger partial charge in [0.1, 0.15) is 5.69 Å². The Balaban J connectivity index is 1.43. The molecule has 5 rings (SSSR count). The van der Waals surface area contributed by atoms with Crippen molar-refractivity contribution in [3.63, 3.8) is 0 Å². The number of aromatic nitrogens is 3. The lowest BCUT2D eigenvalue weighted by atomic mass is 10.1. The maximum atomic E-state index is 13.2.